The highest BCUT2D eigenvalue weighted by Gasteiger charge is 2.10. The second kappa shape index (κ2) is 12.8. The molecule has 0 heterocycles. The zero-order valence-corrected chi connectivity index (χ0v) is 23.5. The highest BCUT2D eigenvalue weighted by molar-refractivity contribution is 5.92. The molecule has 6 nitrogen and oxygen atoms in total. The molecule has 0 atom stereocenters. The first-order valence-corrected chi connectivity index (χ1v) is 13.2. The lowest BCUT2D eigenvalue weighted by atomic mass is 9.92. The molecule has 0 radical (unpaired) electrons. The van der Waals surface area contributed by atoms with Gasteiger partial charge in [0.1, 0.15) is 5.75 Å². The molecule has 4 aromatic carbocycles. The van der Waals surface area contributed by atoms with Gasteiger partial charge in [0.15, 0.2) is 0 Å². The predicted octanol–water partition coefficient (Wildman–Crippen LogP) is 8.14. The van der Waals surface area contributed by atoms with Gasteiger partial charge in [0.25, 0.3) is 0 Å². The summed E-state index contributed by atoms with van der Waals surface area (Å²) in [5.41, 5.74) is 8.06. The van der Waals surface area contributed by atoms with Gasteiger partial charge in [-0.25, -0.2) is 14.4 Å². The van der Waals surface area contributed by atoms with E-state index in [2.05, 4.69) is 24.8 Å². The van der Waals surface area contributed by atoms with Crippen molar-refractivity contribution in [2.75, 3.05) is 0 Å². The molecular formula is C36H30O6. The molecule has 0 aromatic heterocycles. The lowest BCUT2D eigenvalue weighted by Crippen LogP contribution is -2.07. The first kappa shape index (κ1) is 29.5. The summed E-state index contributed by atoms with van der Waals surface area (Å²) in [6, 6.07) is 28.8. The Morgan fingerprint density at radius 2 is 0.905 bits per heavy atom. The number of carbonyl (C=O) groups is 3. The minimum Gasteiger partial charge on any atom is -0.478 e. The Morgan fingerprint density at radius 1 is 0.571 bits per heavy atom. The van der Waals surface area contributed by atoms with E-state index >= 15 is 0 Å². The number of benzene rings is 4. The molecule has 2 N–H and O–H groups in total. The van der Waals surface area contributed by atoms with Crippen molar-refractivity contribution in [3.63, 3.8) is 0 Å². The summed E-state index contributed by atoms with van der Waals surface area (Å²) >= 11 is 0. The van der Waals surface area contributed by atoms with Gasteiger partial charge in [0, 0.05) is 16.7 Å². The molecule has 4 aromatic rings. The van der Waals surface area contributed by atoms with Crippen molar-refractivity contribution in [1.29, 1.82) is 0 Å². The predicted molar refractivity (Wildman–Crippen MR) is 166 cm³/mol. The van der Waals surface area contributed by atoms with Crippen molar-refractivity contribution >= 4 is 30.1 Å². The molecule has 0 aliphatic heterocycles. The minimum absolute atomic E-state index is 0.251. The van der Waals surface area contributed by atoms with Crippen LogP contribution in [-0.2, 0) is 14.4 Å². The van der Waals surface area contributed by atoms with Crippen LogP contribution in [0.25, 0.3) is 45.5 Å². The Kier molecular flexibility index (Phi) is 8.98. The lowest BCUT2D eigenvalue weighted by Gasteiger charge is -2.12. The molecule has 42 heavy (non-hydrogen) atoms. The van der Waals surface area contributed by atoms with Crippen molar-refractivity contribution < 1.29 is 29.3 Å². The van der Waals surface area contributed by atoms with Gasteiger partial charge in [-0.2, -0.15) is 0 Å². The third-order valence-electron chi connectivity index (χ3n) is 6.61. The van der Waals surface area contributed by atoms with Crippen LogP contribution < -0.4 is 4.74 Å². The molecule has 0 bridgehead atoms. The quantitative estimate of drug-likeness (QED) is 0.122. The number of carboxylic acid groups (broad SMARTS) is 2. The van der Waals surface area contributed by atoms with E-state index < -0.39 is 17.9 Å². The second-order valence-electron chi connectivity index (χ2n) is 10.0. The fourth-order valence-corrected chi connectivity index (χ4v) is 4.20. The SMILES string of the molecule is C=C(C)C(=O)Oc1ccc(-c2cc(-c3ccc(C=C(C)C(=O)O)cc3)cc(-c3ccc(C=C(C)C(=O)O)cc3)c2)cc1. The van der Waals surface area contributed by atoms with Gasteiger partial charge < -0.3 is 14.9 Å². The van der Waals surface area contributed by atoms with Crippen LogP contribution in [0.1, 0.15) is 31.9 Å². The normalized spacial score (nSPS) is 11.6. The molecular weight excluding hydrogens is 528 g/mol. The lowest BCUT2D eigenvalue weighted by molar-refractivity contribution is -0.133. The standard InChI is InChI=1S/C36H30O6/c1-22(2)36(41)42-33-15-13-29(14-16-33)32-20-30(27-9-5-25(6-10-27)17-23(3)34(37)38)19-31(21-32)28-11-7-26(8-12-28)18-24(4)35(39)40/h5-21H,1H2,2-4H3,(H,37,38)(H,39,40). The molecule has 0 aliphatic rings. The van der Waals surface area contributed by atoms with Crippen molar-refractivity contribution in [3.05, 3.63) is 125 Å². The Balaban J connectivity index is 1.76. The summed E-state index contributed by atoms with van der Waals surface area (Å²) in [5, 5.41) is 18.4. The Hall–Kier alpha value is -5.49. The third kappa shape index (κ3) is 7.37. The number of carboxylic acids is 2. The summed E-state index contributed by atoms with van der Waals surface area (Å²) in [5.74, 6) is -1.99. The van der Waals surface area contributed by atoms with E-state index in [9.17, 15) is 24.6 Å². The van der Waals surface area contributed by atoms with E-state index in [4.69, 9.17) is 4.74 Å². The second-order valence-corrected chi connectivity index (χ2v) is 10.0. The van der Waals surface area contributed by atoms with Gasteiger partial charge in [0.2, 0.25) is 0 Å². The summed E-state index contributed by atoms with van der Waals surface area (Å²) in [6.45, 7) is 8.32. The Morgan fingerprint density at radius 3 is 1.21 bits per heavy atom. The van der Waals surface area contributed by atoms with Crippen LogP contribution in [0.4, 0.5) is 0 Å². The molecule has 0 amide bonds. The van der Waals surface area contributed by atoms with Crippen LogP contribution in [0.2, 0.25) is 0 Å². The van der Waals surface area contributed by atoms with Gasteiger partial charge in [-0.3, -0.25) is 0 Å². The zero-order valence-electron chi connectivity index (χ0n) is 23.5. The number of hydrogen-bond acceptors (Lipinski definition) is 4. The summed E-state index contributed by atoms with van der Waals surface area (Å²) in [6.07, 6.45) is 3.25. The largest absolute Gasteiger partial charge is 0.478 e. The van der Waals surface area contributed by atoms with Crippen molar-refractivity contribution in [2.24, 2.45) is 0 Å². The van der Waals surface area contributed by atoms with Crippen LogP contribution in [0, 0.1) is 0 Å². The summed E-state index contributed by atoms with van der Waals surface area (Å²) in [4.78, 5) is 34.4. The fraction of sp³-hybridized carbons (Fsp3) is 0.0833. The first-order valence-electron chi connectivity index (χ1n) is 13.2. The van der Waals surface area contributed by atoms with Crippen molar-refractivity contribution in [2.45, 2.75) is 20.8 Å². The minimum atomic E-state index is -0.962. The molecule has 0 saturated heterocycles. The summed E-state index contributed by atoms with van der Waals surface area (Å²) < 4.78 is 5.34. The van der Waals surface area contributed by atoms with E-state index in [-0.39, 0.29) is 11.1 Å². The number of aliphatic carboxylic acids is 2. The van der Waals surface area contributed by atoms with Crippen LogP contribution in [0.5, 0.6) is 5.75 Å². The van der Waals surface area contributed by atoms with E-state index in [1.807, 2.05) is 60.7 Å². The van der Waals surface area contributed by atoms with E-state index in [0.29, 0.717) is 11.3 Å². The molecule has 4 rings (SSSR count). The number of hydrogen-bond donors (Lipinski definition) is 2. The molecule has 0 unspecified atom stereocenters. The molecule has 0 saturated carbocycles. The number of esters is 1. The first-order chi connectivity index (χ1) is 20.0. The van der Waals surface area contributed by atoms with Gasteiger partial charge in [-0.1, -0.05) is 67.2 Å². The van der Waals surface area contributed by atoms with Gasteiger partial charge in [-0.05, 0) is 108 Å². The number of carbonyl (C=O) groups excluding carboxylic acids is 1. The van der Waals surface area contributed by atoms with E-state index in [0.717, 1.165) is 44.5 Å². The van der Waals surface area contributed by atoms with Crippen LogP contribution >= 0.6 is 0 Å². The third-order valence-corrected chi connectivity index (χ3v) is 6.61. The van der Waals surface area contributed by atoms with Crippen molar-refractivity contribution in [3.8, 4) is 39.1 Å². The zero-order chi connectivity index (χ0) is 30.4. The maximum atomic E-state index is 11.9. The Bertz CT molecular complexity index is 1630. The number of ether oxygens (including phenoxy) is 1. The Labute approximate surface area is 244 Å². The summed E-state index contributed by atoms with van der Waals surface area (Å²) in [7, 11) is 0. The molecule has 0 aliphatic carbocycles. The average Bonchev–Trinajstić information content (AvgIpc) is 2.98. The van der Waals surface area contributed by atoms with Gasteiger partial charge in [0.05, 0.1) is 0 Å². The van der Waals surface area contributed by atoms with Crippen LogP contribution in [-0.4, -0.2) is 28.1 Å². The molecule has 6 heteroatoms. The topological polar surface area (TPSA) is 101 Å². The number of rotatable bonds is 9. The van der Waals surface area contributed by atoms with E-state index in [1.165, 1.54) is 0 Å². The highest BCUT2D eigenvalue weighted by Crippen LogP contribution is 2.34. The van der Waals surface area contributed by atoms with Gasteiger partial charge in [-0.15, -0.1) is 0 Å². The fourth-order valence-electron chi connectivity index (χ4n) is 4.20. The molecule has 0 spiro atoms. The maximum absolute atomic E-state index is 11.9. The van der Waals surface area contributed by atoms with Crippen molar-refractivity contribution in [1.82, 2.24) is 0 Å². The highest BCUT2D eigenvalue weighted by atomic mass is 16.5. The average molecular weight is 559 g/mol. The van der Waals surface area contributed by atoms with Gasteiger partial charge >= 0.3 is 17.9 Å². The van der Waals surface area contributed by atoms with Crippen LogP contribution in [0.3, 0.4) is 0 Å². The maximum Gasteiger partial charge on any atom is 0.338 e. The molecule has 210 valence electrons. The van der Waals surface area contributed by atoms with Crippen LogP contribution in [0.15, 0.2) is 114 Å². The van der Waals surface area contributed by atoms with E-state index in [1.54, 1.807) is 45.1 Å². The monoisotopic (exact) mass is 558 g/mol. The molecule has 0 fully saturated rings. The smallest absolute Gasteiger partial charge is 0.338 e.